The number of carboxylic acid groups (broad SMARTS) is 1. The molecule has 198 valence electrons. The summed E-state index contributed by atoms with van der Waals surface area (Å²) in [6.07, 6.45) is 3.21. The number of likely N-dealkylation sites (tertiary alicyclic amines) is 1. The van der Waals surface area contributed by atoms with E-state index >= 15 is 4.39 Å². The largest absolute Gasteiger partial charge is 0.497 e. The molecule has 1 aromatic heterocycles. The second-order valence-corrected chi connectivity index (χ2v) is 10.8. The average molecular weight is 529 g/mol. The predicted molar refractivity (Wildman–Crippen MR) is 143 cm³/mol. The van der Waals surface area contributed by atoms with Crippen LogP contribution in [0.15, 0.2) is 59.6 Å². The molecule has 0 radical (unpaired) electrons. The van der Waals surface area contributed by atoms with E-state index in [1.165, 1.54) is 17.8 Å². The van der Waals surface area contributed by atoms with Crippen LogP contribution in [0, 0.1) is 17.7 Å². The van der Waals surface area contributed by atoms with Crippen molar-refractivity contribution in [3.05, 3.63) is 66.1 Å². The van der Waals surface area contributed by atoms with Crippen LogP contribution in [-0.2, 0) is 4.79 Å². The summed E-state index contributed by atoms with van der Waals surface area (Å²) < 4.78 is 34.8. The first kappa shape index (κ1) is 27.3. The lowest BCUT2D eigenvalue weighted by Gasteiger charge is -2.39. The molecule has 0 amide bonds. The van der Waals surface area contributed by atoms with Gasteiger partial charge >= 0.3 is 5.97 Å². The van der Waals surface area contributed by atoms with Gasteiger partial charge in [0, 0.05) is 41.7 Å². The first-order valence-corrected chi connectivity index (χ1v) is 13.8. The molecular weight excluding hydrogens is 494 g/mol. The molecule has 0 spiro atoms. The number of rotatable bonds is 12. The van der Waals surface area contributed by atoms with Crippen molar-refractivity contribution in [2.24, 2.45) is 11.8 Å². The number of hydrogen-bond donors (Lipinski definition) is 1. The van der Waals surface area contributed by atoms with E-state index in [-0.39, 0.29) is 24.1 Å². The number of hydrogen-bond acceptors (Lipinski definition) is 5. The minimum Gasteiger partial charge on any atom is -0.497 e. The van der Waals surface area contributed by atoms with Crippen LogP contribution in [0.5, 0.6) is 5.75 Å². The van der Waals surface area contributed by atoms with E-state index in [9.17, 15) is 14.3 Å². The van der Waals surface area contributed by atoms with Gasteiger partial charge in [-0.25, -0.2) is 8.78 Å². The Kier molecular flexibility index (Phi) is 9.75. The van der Waals surface area contributed by atoms with Crippen LogP contribution >= 0.6 is 11.8 Å². The summed E-state index contributed by atoms with van der Waals surface area (Å²) in [6.45, 7) is 2.49. The van der Waals surface area contributed by atoms with Gasteiger partial charge in [-0.15, -0.1) is 11.8 Å². The molecule has 2 aromatic carbocycles. The summed E-state index contributed by atoms with van der Waals surface area (Å²) in [5.41, 5.74) is 1.36. The van der Waals surface area contributed by atoms with Gasteiger partial charge in [-0.2, -0.15) is 0 Å². The zero-order valence-corrected chi connectivity index (χ0v) is 21.9. The zero-order chi connectivity index (χ0) is 26.2. The summed E-state index contributed by atoms with van der Waals surface area (Å²) in [7, 11) is 1.59. The van der Waals surface area contributed by atoms with E-state index in [0.717, 1.165) is 42.7 Å². The van der Waals surface area contributed by atoms with E-state index in [2.05, 4.69) is 9.88 Å². The normalized spacial score (nSPS) is 19.1. The van der Waals surface area contributed by atoms with Crippen molar-refractivity contribution in [3.8, 4) is 5.75 Å². The number of aromatic nitrogens is 1. The molecule has 0 saturated carbocycles. The lowest BCUT2D eigenvalue weighted by molar-refractivity contribution is -0.137. The van der Waals surface area contributed by atoms with Crippen molar-refractivity contribution >= 4 is 28.6 Å². The molecule has 1 saturated heterocycles. The average Bonchev–Trinajstić information content (AvgIpc) is 2.91. The fraction of sp³-hybridized carbons (Fsp3) is 0.448. The molecule has 1 N–H and O–H groups in total. The highest BCUT2D eigenvalue weighted by atomic mass is 32.2. The van der Waals surface area contributed by atoms with Gasteiger partial charge in [0.05, 0.1) is 12.6 Å². The molecule has 1 fully saturated rings. The number of methoxy groups -OCH3 is 1. The van der Waals surface area contributed by atoms with Crippen LogP contribution in [0.2, 0.25) is 0 Å². The quantitative estimate of drug-likeness (QED) is 0.262. The Morgan fingerprint density at radius 1 is 1.22 bits per heavy atom. The molecule has 0 aliphatic carbocycles. The van der Waals surface area contributed by atoms with E-state index in [0.29, 0.717) is 35.5 Å². The van der Waals surface area contributed by atoms with Gasteiger partial charge in [0.15, 0.2) is 0 Å². The molecule has 37 heavy (non-hydrogen) atoms. The van der Waals surface area contributed by atoms with E-state index in [1.54, 1.807) is 31.5 Å². The maximum absolute atomic E-state index is 15.5. The number of pyridine rings is 1. The number of fused-ring (bicyclic) bond motifs is 1. The number of carbonyl (C=O) groups is 1. The third kappa shape index (κ3) is 7.42. The predicted octanol–water partition coefficient (Wildman–Crippen LogP) is 6.77. The summed E-state index contributed by atoms with van der Waals surface area (Å²) in [6, 6.07) is 14.0. The second kappa shape index (κ2) is 13.2. The molecule has 3 aromatic rings. The first-order valence-electron chi connectivity index (χ1n) is 12.8. The summed E-state index contributed by atoms with van der Waals surface area (Å²) >= 11 is 1.50. The number of halogens is 2. The Bertz CT molecular complexity index is 1190. The fourth-order valence-electron chi connectivity index (χ4n) is 5.28. The summed E-state index contributed by atoms with van der Waals surface area (Å²) in [5, 5.41) is 10.0. The standard InChI is InChI=1S/C29H34F2N2O3S/c1-36-22-8-10-27-24(18-22)23(12-14-32-27)25(30)9-6-20-13-15-33(19-21(20)7-11-29(34)35)16-17-37-28-5-3-2-4-26(28)31/h2-5,8,10,12,14,18,20-21,25H,6-7,9,11,13,15-17,19H2,1H3,(H,34,35)/t20?,21?,25-/m0/s1. The molecule has 2 heterocycles. The van der Waals surface area contributed by atoms with Crippen LogP contribution in [0.4, 0.5) is 8.78 Å². The molecule has 1 aliphatic rings. The molecule has 2 unspecified atom stereocenters. The van der Waals surface area contributed by atoms with Gasteiger partial charge < -0.3 is 14.7 Å². The summed E-state index contributed by atoms with van der Waals surface area (Å²) in [4.78, 5) is 18.6. The van der Waals surface area contributed by atoms with Gasteiger partial charge in [0.1, 0.15) is 17.7 Å². The van der Waals surface area contributed by atoms with E-state index < -0.39 is 12.1 Å². The molecule has 0 bridgehead atoms. The number of piperidine rings is 1. The highest BCUT2D eigenvalue weighted by Gasteiger charge is 2.30. The number of ether oxygens (including phenoxy) is 1. The Morgan fingerprint density at radius 2 is 2.05 bits per heavy atom. The third-order valence-corrected chi connectivity index (χ3v) is 8.35. The van der Waals surface area contributed by atoms with Crippen molar-refractivity contribution in [2.45, 2.75) is 43.2 Å². The van der Waals surface area contributed by atoms with Crippen molar-refractivity contribution in [1.29, 1.82) is 0 Å². The number of alkyl halides is 1. The number of carboxylic acids is 1. The third-order valence-electron chi connectivity index (χ3n) is 7.32. The smallest absolute Gasteiger partial charge is 0.303 e. The van der Waals surface area contributed by atoms with Crippen molar-refractivity contribution in [2.75, 3.05) is 32.5 Å². The maximum Gasteiger partial charge on any atom is 0.303 e. The lowest BCUT2D eigenvalue weighted by atomic mass is 9.79. The molecule has 5 nitrogen and oxygen atoms in total. The van der Waals surface area contributed by atoms with Crippen LogP contribution < -0.4 is 4.74 Å². The first-order chi connectivity index (χ1) is 17.9. The van der Waals surface area contributed by atoms with Gasteiger partial charge in [-0.05, 0) is 86.0 Å². The molecule has 4 rings (SSSR count). The number of benzene rings is 2. The molecular formula is C29H34F2N2O3S. The fourth-order valence-corrected chi connectivity index (χ4v) is 6.23. The molecule has 1 aliphatic heterocycles. The highest BCUT2D eigenvalue weighted by molar-refractivity contribution is 7.99. The minimum atomic E-state index is -1.13. The number of thioether (sulfide) groups is 1. The Balaban J connectivity index is 1.35. The summed E-state index contributed by atoms with van der Waals surface area (Å²) in [5.74, 6) is 0.907. The number of aliphatic carboxylic acids is 1. The zero-order valence-electron chi connectivity index (χ0n) is 21.1. The van der Waals surface area contributed by atoms with Crippen LogP contribution in [0.1, 0.15) is 43.8 Å². The van der Waals surface area contributed by atoms with Crippen molar-refractivity contribution in [1.82, 2.24) is 9.88 Å². The van der Waals surface area contributed by atoms with Crippen LogP contribution in [-0.4, -0.2) is 53.5 Å². The lowest BCUT2D eigenvalue weighted by Crippen LogP contribution is -2.41. The molecule has 8 heteroatoms. The Labute approximate surface area is 221 Å². The van der Waals surface area contributed by atoms with Crippen LogP contribution in [0.3, 0.4) is 0 Å². The SMILES string of the molecule is COc1ccc2nccc([C@@H](F)CCC3CCN(CCSc4ccccc4F)CC3CCC(=O)O)c2c1. The Morgan fingerprint density at radius 3 is 2.84 bits per heavy atom. The number of nitrogens with zero attached hydrogens (tertiary/aromatic N) is 2. The Hall–Kier alpha value is -2.71. The monoisotopic (exact) mass is 528 g/mol. The van der Waals surface area contributed by atoms with Gasteiger partial charge in [0.2, 0.25) is 0 Å². The van der Waals surface area contributed by atoms with Gasteiger partial charge in [-0.3, -0.25) is 9.78 Å². The van der Waals surface area contributed by atoms with E-state index in [1.807, 2.05) is 24.3 Å². The highest BCUT2D eigenvalue weighted by Crippen LogP contribution is 2.36. The van der Waals surface area contributed by atoms with E-state index in [4.69, 9.17) is 4.74 Å². The maximum atomic E-state index is 15.5. The van der Waals surface area contributed by atoms with Crippen molar-refractivity contribution in [3.63, 3.8) is 0 Å². The van der Waals surface area contributed by atoms with Crippen molar-refractivity contribution < 1.29 is 23.4 Å². The topological polar surface area (TPSA) is 62.7 Å². The van der Waals surface area contributed by atoms with Gasteiger partial charge in [0.25, 0.3) is 0 Å². The second-order valence-electron chi connectivity index (χ2n) is 9.65. The van der Waals surface area contributed by atoms with Crippen LogP contribution in [0.25, 0.3) is 10.9 Å². The van der Waals surface area contributed by atoms with Gasteiger partial charge in [-0.1, -0.05) is 12.1 Å². The minimum absolute atomic E-state index is 0.118. The molecule has 3 atom stereocenters.